The molecule has 0 saturated heterocycles. The van der Waals surface area contributed by atoms with Gasteiger partial charge in [-0.05, 0) is 47.4 Å². The Morgan fingerprint density at radius 2 is 1.78 bits per heavy atom. The molecule has 1 aromatic carbocycles. The maximum absolute atomic E-state index is 11.7. The lowest BCUT2D eigenvalue weighted by molar-refractivity contribution is 0.0523. The monoisotopic (exact) mass is 321 g/mol. The maximum Gasteiger partial charge on any atom is 0.407 e. The molecule has 0 aliphatic rings. The lowest BCUT2D eigenvalue weighted by atomic mass is 10.1. The summed E-state index contributed by atoms with van der Waals surface area (Å²) in [4.78, 5) is 13.9. The lowest BCUT2D eigenvalue weighted by Crippen LogP contribution is -2.43. The van der Waals surface area contributed by atoms with Crippen LogP contribution in [0, 0.1) is 0 Å². The van der Waals surface area contributed by atoms with Crippen LogP contribution in [0.5, 0.6) is 0 Å². The second-order valence-electron chi connectivity index (χ2n) is 7.08. The average Bonchev–Trinajstić information content (AvgIpc) is 2.44. The van der Waals surface area contributed by atoms with Crippen LogP contribution in [0.25, 0.3) is 0 Å². The Labute approximate surface area is 140 Å². The van der Waals surface area contributed by atoms with Crippen molar-refractivity contribution in [2.45, 2.75) is 45.4 Å². The highest BCUT2D eigenvalue weighted by Crippen LogP contribution is 2.16. The van der Waals surface area contributed by atoms with Gasteiger partial charge in [-0.1, -0.05) is 30.3 Å². The van der Waals surface area contributed by atoms with Gasteiger partial charge in [-0.2, -0.15) is 0 Å². The molecule has 0 bridgehead atoms. The molecule has 0 aromatic heterocycles. The number of nitrogens with zero attached hydrogens (tertiary/aromatic N) is 1. The predicted octanol–water partition coefficient (Wildman–Crippen LogP) is 2.79. The molecule has 1 amide bonds. The normalized spacial score (nSPS) is 14.4. The molecule has 0 heterocycles. The van der Waals surface area contributed by atoms with Crippen molar-refractivity contribution in [2.75, 3.05) is 27.2 Å². The predicted molar refractivity (Wildman–Crippen MR) is 94.6 cm³/mol. The minimum atomic E-state index is -0.468. The van der Waals surface area contributed by atoms with E-state index in [0.717, 1.165) is 6.54 Å². The Morgan fingerprint density at radius 3 is 2.30 bits per heavy atom. The third-order valence-electron chi connectivity index (χ3n) is 3.42. The van der Waals surface area contributed by atoms with Crippen LogP contribution in [0.2, 0.25) is 0 Å². The second kappa shape index (κ2) is 8.89. The fourth-order valence-electron chi connectivity index (χ4n) is 2.21. The first-order chi connectivity index (χ1) is 10.7. The summed E-state index contributed by atoms with van der Waals surface area (Å²) in [6, 6.07) is 10.9. The number of carbonyl (C=O) groups is 1. The van der Waals surface area contributed by atoms with Gasteiger partial charge in [0.25, 0.3) is 0 Å². The highest BCUT2D eigenvalue weighted by atomic mass is 16.6. The molecule has 0 fully saturated rings. The van der Waals surface area contributed by atoms with Crippen molar-refractivity contribution in [1.82, 2.24) is 15.5 Å². The standard InChI is InChI=1S/C18H31N3O2/c1-14(12-20-17(22)23-18(2,3)4)19-13-16(21(5)6)15-10-8-7-9-11-15/h7-11,14,16,19H,12-13H2,1-6H3,(H,20,22). The maximum atomic E-state index is 11.7. The van der Waals surface area contributed by atoms with Crippen molar-refractivity contribution in [3.63, 3.8) is 0 Å². The largest absolute Gasteiger partial charge is 0.444 e. The SMILES string of the molecule is CC(CNC(=O)OC(C)(C)C)NCC(c1ccccc1)N(C)C. The zero-order valence-corrected chi connectivity index (χ0v) is 15.2. The first-order valence-corrected chi connectivity index (χ1v) is 8.10. The molecular formula is C18H31N3O2. The van der Waals surface area contributed by atoms with E-state index in [0.29, 0.717) is 12.6 Å². The van der Waals surface area contributed by atoms with E-state index in [4.69, 9.17) is 4.74 Å². The number of likely N-dealkylation sites (N-methyl/N-ethyl adjacent to an activating group) is 1. The van der Waals surface area contributed by atoms with Crippen LogP contribution >= 0.6 is 0 Å². The van der Waals surface area contributed by atoms with Crippen molar-refractivity contribution in [3.8, 4) is 0 Å². The van der Waals surface area contributed by atoms with Crippen LogP contribution in [0.15, 0.2) is 30.3 Å². The number of hydrogen-bond donors (Lipinski definition) is 2. The van der Waals surface area contributed by atoms with E-state index >= 15 is 0 Å². The van der Waals surface area contributed by atoms with Crippen molar-refractivity contribution in [1.29, 1.82) is 0 Å². The van der Waals surface area contributed by atoms with E-state index in [1.54, 1.807) is 0 Å². The minimum absolute atomic E-state index is 0.161. The van der Waals surface area contributed by atoms with Crippen LogP contribution in [-0.2, 0) is 4.74 Å². The number of amides is 1. The first-order valence-electron chi connectivity index (χ1n) is 8.10. The van der Waals surface area contributed by atoms with Gasteiger partial charge in [-0.25, -0.2) is 4.79 Å². The molecule has 2 N–H and O–H groups in total. The second-order valence-corrected chi connectivity index (χ2v) is 7.08. The Morgan fingerprint density at radius 1 is 1.17 bits per heavy atom. The third-order valence-corrected chi connectivity index (χ3v) is 3.42. The average molecular weight is 321 g/mol. The Balaban J connectivity index is 2.41. The summed E-state index contributed by atoms with van der Waals surface area (Å²) in [6.45, 7) is 8.97. The van der Waals surface area contributed by atoms with Crippen LogP contribution < -0.4 is 10.6 Å². The number of ether oxygens (including phenoxy) is 1. The zero-order chi connectivity index (χ0) is 17.5. The van der Waals surface area contributed by atoms with Crippen molar-refractivity contribution >= 4 is 6.09 Å². The van der Waals surface area contributed by atoms with Crippen LogP contribution in [0.1, 0.15) is 39.3 Å². The molecule has 0 aliphatic carbocycles. The molecule has 5 heteroatoms. The van der Waals surface area contributed by atoms with Gasteiger partial charge in [0, 0.05) is 25.2 Å². The molecule has 0 aliphatic heterocycles. The molecular weight excluding hydrogens is 290 g/mol. The number of rotatable bonds is 7. The number of nitrogens with one attached hydrogen (secondary N) is 2. The Kier molecular flexibility index (Phi) is 7.52. The molecule has 2 atom stereocenters. The quantitative estimate of drug-likeness (QED) is 0.811. The van der Waals surface area contributed by atoms with Gasteiger partial charge in [0.2, 0.25) is 0 Å². The molecule has 2 unspecified atom stereocenters. The Hall–Kier alpha value is -1.59. The molecule has 0 saturated carbocycles. The summed E-state index contributed by atoms with van der Waals surface area (Å²) in [7, 11) is 4.14. The fourth-order valence-corrected chi connectivity index (χ4v) is 2.21. The van der Waals surface area contributed by atoms with E-state index in [-0.39, 0.29) is 12.1 Å². The molecule has 1 rings (SSSR count). The number of alkyl carbamates (subject to hydrolysis) is 1. The van der Waals surface area contributed by atoms with Crippen molar-refractivity contribution < 1.29 is 9.53 Å². The number of hydrogen-bond acceptors (Lipinski definition) is 4. The van der Waals surface area contributed by atoms with Gasteiger partial charge in [0.05, 0.1) is 0 Å². The summed E-state index contributed by atoms with van der Waals surface area (Å²) in [6.07, 6.45) is -0.377. The van der Waals surface area contributed by atoms with E-state index in [9.17, 15) is 4.79 Å². The van der Waals surface area contributed by atoms with Crippen LogP contribution in [0.3, 0.4) is 0 Å². The van der Waals surface area contributed by atoms with Gasteiger partial charge in [-0.15, -0.1) is 0 Å². The molecule has 1 aromatic rings. The summed E-state index contributed by atoms with van der Waals surface area (Å²) < 4.78 is 5.24. The summed E-state index contributed by atoms with van der Waals surface area (Å²) in [5.74, 6) is 0. The molecule has 5 nitrogen and oxygen atoms in total. The molecule has 0 radical (unpaired) electrons. The number of benzene rings is 1. The Bertz CT molecular complexity index is 469. The highest BCUT2D eigenvalue weighted by Gasteiger charge is 2.17. The van der Waals surface area contributed by atoms with Gasteiger partial charge in [0.1, 0.15) is 5.60 Å². The first kappa shape index (κ1) is 19.5. The molecule has 23 heavy (non-hydrogen) atoms. The number of carbonyl (C=O) groups excluding carboxylic acids is 1. The smallest absolute Gasteiger partial charge is 0.407 e. The van der Waals surface area contributed by atoms with Crippen LogP contribution in [0.4, 0.5) is 4.79 Å². The summed E-state index contributed by atoms with van der Waals surface area (Å²) in [5, 5.41) is 6.26. The van der Waals surface area contributed by atoms with E-state index < -0.39 is 5.60 Å². The summed E-state index contributed by atoms with van der Waals surface area (Å²) >= 11 is 0. The van der Waals surface area contributed by atoms with Gasteiger partial charge >= 0.3 is 6.09 Å². The minimum Gasteiger partial charge on any atom is -0.444 e. The van der Waals surface area contributed by atoms with Gasteiger partial charge in [0.15, 0.2) is 0 Å². The highest BCUT2D eigenvalue weighted by molar-refractivity contribution is 5.67. The van der Waals surface area contributed by atoms with E-state index in [2.05, 4.69) is 60.8 Å². The molecule has 130 valence electrons. The van der Waals surface area contributed by atoms with Crippen molar-refractivity contribution in [2.24, 2.45) is 0 Å². The topological polar surface area (TPSA) is 53.6 Å². The summed E-state index contributed by atoms with van der Waals surface area (Å²) in [5.41, 5.74) is 0.807. The van der Waals surface area contributed by atoms with Crippen LogP contribution in [-0.4, -0.2) is 49.8 Å². The fraction of sp³-hybridized carbons (Fsp3) is 0.611. The zero-order valence-electron chi connectivity index (χ0n) is 15.2. The molecule has 0 spiro atoms. The third kappa shape index (κ3) is 8.00. The van der Waals surface area contributed by atoms with E-state index in [1.165, 1.54) is 5.56 Å². The van der Waals surface area contributed by atoms with Gasteiger partial charge in [-0.3, -0.25) is 0 Å². The van der Waals surface area contributed by atoms with Gasteiger partial charge < -0.3 is 20.3 Å². The van der Waals surface area contributed by atoms with Crippen molar-refractivity contribution in [3.05, 3.63) is 35.9 Å². The van der Waals surface area contributed by atoms with E-state index in [1.807, 2.05) is 26.8 Å². The lowest BCUT2D eigenvalue weighted by Gasteiger charge is -2.27.